The van der Waals surface area contributed by atoms with Crippen LogP contribution in [-0.2, 0) is 0 Å². The first kappa shape index (κ1) is 13.6. The van der Waals surface area contributed by atoms with Crippen LogP contribution in [0.25, 0.3) is 0 Å². The molecule has 7 nitrogen and oxygen atoms in total. The molecule has 2 atom stereocenters. The Morgan fingerprint density at radius 3 is 2.33 bits per heavy atom. The Hall–Kier alpha value is -2.41. The second kappa shape index (κ2) is 4.85. The van der Waals surface area contributed by atoms with Crippen molar-refractivity contribution in [3.05, 3.63) is 35.4 Å². The predicted octanol–water partition coefficient (Wildman–Crippen LogP) is 0.362. The van der Waals surface area contributed by atoms with E-state index in [0.717, 1.165) is 4.90 Å². The Labute approximate surface area is 120 Å². The fourth-order valence-electron chi connectivity index (χ4n) is 2.98. The minimum absolute atomic E-state index is 0.0480. The lowest BCUT2D eigenvalue weighted by Gasteiger charge is -2.25. The molecule has 21 heavy (non-hydrogen) atoms. The minimum Gasteiger partial charge on any atom is -0.465 e. The quantitative estimate of drug-likeness (QED) is 0.765. The summed E-state index contributed by atoms with van der Waals surface area (Å²) in [6.07, 6.45) is -0.635. The van der Waals surface area contributed by atoms with Gasteiger partial charge in [-0.05, 0) is 18.6 Å². The third-order valence-electron chi connectivity index (χ3n) is 3.96. The molecule has 2 heterocycles. The van der Waals surface area contributed by atoms with Gasteiger partial charge in [0, 0.05) is 19.1 Å². The van der Waals surface area contributed by atoms with E-state index in [4.69, 9.17) is 10.8 Å². The van der Waals surface area contributed by atoms with E-state index in [0.29, 0.717) is 17.5 Å². The number of likely N-dealkylation sites (tertiary alicyclic amines) is 1. The summed E-state index contributed by atoms with van der Waals surface area (Å²) in [5, 5.41) is 9.16. The number of imide groups is 1. The second-order valence-corrected chi connectivity index (χ2v) is 5.35. The highest BCUT2D eigenvalue weighted by Crippen LogP contribution is 2.25. The van der Waals surface area contributed by atoms with Gasteiger partial charge in [0.05, 0.1) is 17.2 Å². The highest BCUT2D eigenvalue weighted by molar-refractivity contribution is 6.21. The van der Waals surface area contributed by atoms with Crippen molar-refractivity contribution in [3.8, 4) is 0 Å². The Balaban J connectivity index is 1.82. The molecule has 3 amide bonds. The van der Waals surface area contributed by atoms with Gasteiger partial charge in [-0.3, -0.25) is 14.5 Å². The van der Waals surface area contributed by atoms with Crippen LogP contribution in [0.5, 0.6) is 0 Å². The van der Waals surface area contributed by atoms with Crippen LogP contribution in [0.4, 0.5) is 4.79 Å². The number of rotatable bonds is 2. The van der Waals surface area contributed by atoms with Gasteiger partial charge < -0.3 is 15.7 Å². The maximum Gasteiger partial charge on any atom is 0.407 e. The molecule has 0 aromatic heterocycles. The molecule has 0 saturated carbocycles. The van der Waals surface area contributed by atoms with Crippen molar-refractivity contribution in [3.63, 3.8) is 0 Å². The molecule has 2 aliphatic heterocycles. The predicted molar refractivity (Wildman–Crippen MR) is 72.9 cm³/mol. The monoisotopic (exact) mass is 289 g/mol. The van der Waals surface area contributed by atoms with E-state index >= 15 is 0 Å². The summed E-state index contributed by atoms with van der Waals surface area (Å²) >= 11 is 0. The summed E-state index contributed by atoms with van der Waals surface area (Å²) in [4.78, 5) is 38.0. The summed E-state index contributed by atoms with van der Waals surface area (Å²) in [5.41, 5.74) is 6.52. The lowest BCUT2D eigenvalue weighted by molar-refractivity contribution is 0.0603. The fourth-order valence-corrected chi connectivity index (χ4v) is 2.98. The van der Waals surface area contributed by atoms with Gasteiger partial charge in [-0.15, -0.1) is 0 Å². The van der Waals surface area contributed by atoms with Gasteiger partial charge in [-0.25, -0.2) is 4.79 Å². The Bertz CT molecular complexity index is 595. The molecule has 0 spiro atoms. The summed E-state index contributed by atoms with van der Waals surface area (Å²) in [6.45, 7) is 0.273. The molecule has 1 aromatic carbocycles. The van der Waals surface area contributed by atoms with E-state index in [2.05, 4.69) is 0 Å². The van der Waals surface area contributed by atoms with E-state index in [1.54, 1.807) is 24.3 Å². The van der Waals surface area contributed by atoms with Gasteiger partial charge in [0.1, 0.15) is 0 Å². The first-order valence-electron chi connectivity index (χ1n) is 6.69. The number of amides is 3. The maximum atomic E-state index is 12.3. The van der Waals surface area contributed by atoms with E-state index in [1.165, 1.54) is 4.90 Å². The van der Waals surface area contributed by atoms with Crippen LogP contribution in [0.1, 0.15) is 27.1 Å². The number of benzene rings is 1. The van der Waals surface area contributed by atoms with Crippen LogP contribution in [0.2, 0.25) is 0 Å². The summed E-state index contributed by atoms with van der Waals surface area (Å²) in [5.74, 6) is -0.747. The molecule has 1 aromatic rings. The van der Waals surface area contributed by atoms with Gasteiger partial charge in [0.15, 0.2) is 0 Å². The normalized spacial score (nSPS) is 24.6. The van der Waals surface area contributed by atoms with Crippen molar-refractivity contribution in [1.82, 2.24) is 9.80 Å². The fraction of sp³-hybridized carbons (Fsp3) is 0.357. The first-order valence-corrected chi connectivity index (χ1v) is 6.69. The maximum absolute atomic E-state index is 12.3. The molecule has 0 aliphatic carbocycles. The average molecular weight is 289 g/mol. The molecule has 0 unspecified atom stereocenters. The molecule has 0 bridgehead atoms. The van der Waals surface area contributed by atoms with Crippen molar-refractivity contribution in [2.45, 2.75) is 18.5 Å². The minimum atomic E-state index is -1.08. The number of fused-ring (bicyclic) bond motifs is 1. The van der Waals surface area contributed by atoms with E-state index in [-0.39, 0.29) is 30.9 Å². The Morgan fingerprint density at radius 2 is 1.81 bits per heavy atom. The highest BCUT2D eigenvalue weighted by Gasteiger charge is 2.41. The molecule has 7 heteroatoms. The highest BCUT2D eigenvalue weighted by atomic mass is 16.4. The number of nitrogens with two attached hydrogens (primary N) is 1. The van der Waals surface area contributed by atoms with Crippen molar-refractivity contribution in [1.29, 1.82) is 0 Å². The third kappa shape index (κ3) is 2.15. The number of carbonyl (C=O) groups is 3. The molecule has 3 N–H and O–H groups in total. The van der Waals surface area contributed by atoms with Gasteiger partial charge in [0.2, 0.25) is 0 Å². The molecule has 0 radical (unpaired) electrons. The largest absolute Gasteiger partial charge is 0.465 e. The van der Waals surface area contributed by atoms with E-state index in [9.17, 15) is 14.4 Å². The van der Waals surface area contributed by atoms with Crippen molar-refractivity contribution in [2.75, 3.05) is 13.1 Å². The smallest absolute Gasteiger partial charge is 0.407 e. The zero-order valence-electron chi connectivity index (χ0n) is 11.2. The van der Waals surface area contributed by atoms with Crippen LogP contribution in [0.3, 0.4) is 0 Å². The van der Waals surface area contributed by atoms with Crippen molar-refractivity contribution >= 4 is 17.9 Å². The number of carboxylic acid groups (broad SMARTS) is 1. The average Bonchev–Trinajstić information content (AvgIpc) is 2.94. The van der Waals surface area contributed by atoms with Crippen molar-refractivity contribution < 1.29 is 19.5 Å². The number of hydrogen-bond donors (Lipinski definition) is 2. The summed E-state index contributed by atoms with van der Waals surface area (Å²) < 4.78 is 0. The number of carbonyl (C=O) groups excluding carboxylic acids is 2. The van der Waals surface area contributed by atoms with Gasteiger partial charge in [0.25, 0.3) is 11.8 Å². The van der Waals surface area contributed by atoms with Crippen LogP contribution in [0.15, 0.2) is 24.3 Å². The molecular formula is C14H15N3O4. The summed E-state index contributed by atoms with van der Waals surface area (Å²) in [6, 6.07) is 5.89. The molecule has 1 saturated heterocycles. The van der Waals surface area contributed by atoms with Gasteiger partial charge >= 0.3 is 6.09 Å². The zero-order chi connectivity index (χ0) is 15.1. The standard InChI is InChI=1S/C14H15N3O4/c15-8-5-9(16(6-8)14(20)21)7-17-12(18)10-3-1-2-4-11(10)13(17)19/h1-4,8-9H,5-7,15H2,(H,20,21)/t8-,9+/m1/s1. The third-order valence-corrected chi connectivity index (χ3v) is 3.96. The van der Waals surface area contributed by atoms with Crippen LogP contribution >= 0.6 is 0 Å². The second-order valence-electron chi connectivity index (χ2n) is 5.35. The lowest BCUT2D eigenvalue weighted by atomic mass is 10.1. The Morgan fingerprint density at radius 1 is 1.24 bits per heavy atom. The van der Waals surface area contributed by atoms with Gasteiger partial charge in [-0.2, -0.15) is 0 Å². The molecular weight excluding hydrogens is 274 g/mol. The van der Waals surface area contributed by atoms with Crippen molar-refractivity contribution in [2.24, 2.45) is 5.73 Å². The first-order chi connectivity index (χ1) is 9.99. The molecule has 3 rings (SSSR count). The lowest BCUT2D eigenvalue weighted by Crippen LogP contribution is -2.44. The van der Waals surface area contributed by atoms with E-state index in [1.807, 2.05) is 0 Å². The zero-order valence-corrected chi connectivity index (χ0v) is 11.2. The summed E-state index contributed by atoms with van der Waals surface area (Å²) in [7, 11) is 0. The van der Waals surface area contributed by atoms with Crippen LogP contribution < -0.4 is 5.73 Å². The van der Waals surface area contributed by atoms with Crippen LogP contribution in [0, 0.1) is 0 Å². The SMILES string of the molecule is N[C@@H]1C[C@@H](CN2C(=O)c3ccccc3C2=O)N(C(=O)O)C1. The van der Waals surface area contributed by atoms with Gasteiger partial charge in [-0.1, -0.05) is 12.1 Å². The topological polar surface area (TPSA) is 104 Å². The number of nitrogens with zero attached hydrogens (tertiary/aromatic N) is 2. The van der Waals surface area contributed by atoms with Crippen LogP contribution in [-0.4, -0.2) is 58.0 Å². The molecule has 1 fully saturated rings. The molecule has 2 aliphatic rings. The van der Waals surface area contributed by atoms with E-state index < -0.39 is 12.1 Å². The number of hydrogen-bond acceptors (Lipinski definition) is 4. The molecule has 110 valence electrons. The Kier molecular flexibility index (Phi) is 3.13.